The largest absolute Gasteiger partial charge is 0.349 e. The normalized spacial score (nSPS) is 19.4. The number of amides is 2. The molecule has 2 amide bonds. The average Bonchev–Trinajstić information content (AvgIpc) is 3.07. The number of nitrogens with one attached hydrogen (secondary N) is 2. The van der Waals surface area contributed by atoms with Crippen LogP contribution in [0.15, 0.2) is 36.9 Å². The van der Waals surface area contributed by atoms with Crippen LogP contribution in [0.1, 0.15) is 52.5 Å². The van der Waals surface area contributed by atoms with Crippen LogP contribution in [0.2, 0.25) is 0 Å². The van der Waals surface area contributed by atoms with E-state index in [0.717, 1.165) is 18.5 Å². The summed E-state index contributed by atoms with van der Waals surface area (Å²) in [7, 11) is 0. The molecule has 0 saturated carbocycles. The maximum atomic E-state index is 13.4. The predicted octanol–water partition coefficient (Wildman–Crippen LogP) is 3.40. The number of nitrogens with zero attached hydrogens (tertiary/aromatic N) is 1. The van der Waals surface area contributed by atoms with Crippen LogP contribution in [0, 0.1) is 11.7 Å². The van der Waals surface area contributed by atoms with Gasteiger partial charge in [-0.05, 0) is 64.3 Å². The Morgan fingerprint density at radius 1 is 1.24 bits per heavy atom. The molecule has 0 spiro atoms. The van der Waals surface area contributed by atoms with E-state index in [0.29, 0.717) is 25.9 Å². The smallest absolute Gasteiger partial charge is 0.246 e. The van der Waals surface area contributed by atoms with Gasteiger partial charge in [-0.15, -0.1) is 6.58 Å². The van der Waals surface area contributed by atoms with Gasteiger partial charge in [-0.2, -0.15) is 0 Å². The lowest BCUT2D eigenvalue weighted by atomic mass is 9.77. The van der Waals surface area contributed by atoms with Crippen molar-refractivity contribution in [3.05, 3.63) is 48.3 Å². The number of carbonyl (C=O) groups is 2. The number of benzene rings is 1. The van der Waals surface area contributed by atoms with Gasteiger partial charge in [-0.1, -0.05) is 18.2 Å². The molecular formula is C23H34FN3O2. The van der Waals surface area contributed by atoms with Gasteiger partial charge in [0.1, 0.15) is 11.4 Å². The Hall–Kier alpha value is -2.21. The van der Waals surface area contributed by atoms with Crippen molar-refractivity contribution in [2.45, 2.75) is 64.6 Å². The molecular weight excluding hydrogens is 369 g/mol. The molecule has 2 atom stereocenters. The Kier molecular flexibility index (Phi) is 7.58. The van der Waals surface area contributed by atoms with Gasteiger partial charge >= 0.3 is 0 Å². The zero-order valence-corrected chi connectivity index (χ0v) is 18.1. The predicted molar refractivity (Wildman–Crippen MR) is 114 cm³/mol. The van der Waals surface area contributed by atoms with E-state index in [1.165, 1.54) is 19.1 Å². The Bertz CT molecular complexity index is 727. The Morgan fingerprint density at radius 3 is 2.45 bits per heavy atom. The highest BCUT2D eigenvalue weighted by Gasteiger charge is 2.48. The SMILES string of the molecule is C=CCCC(NC(C)=O)(C(=O)NC(C)(C)C)C1CCN(Cc2ccc(F)cc2)C1. The van der Waals surface area contributed by atoms with Crippen molar-refractivity contribution in [1.29, 1.82) is 0 Å². The van der Waals surface area contributed by atoms with Gasteiger partial charge in [0.25, 0.3) is 0 Å². The quantitative estimate of drug-likeness (QED) is 0.654. The van der Waals surface area contributed by atoms with Gasteiger partial charge in [0.2, 0.25) is 11.8 Å². The van der Waals surface area contributed by atoms with E-state index in [1.807, 2.05) is 20.8 Å². The first-order valence-electron chi connectivity index (χ1n) is 10.2. The fraction of sp³-hybridized carbons (Fsp3) is 0.565. The van der Waals surface area contributed by atoms with Gasteiger partial charge in [0.15, 0.2) is 0 Å². The molecule has 6 heteroatoms. The van der Waals surface area contributed by atoms with Gasteiger partial charge in [0.05, 0.1) is 0 Å². The van der Waals surface area contributed by atoms with Gasteiger partial charge < -0.3 is 10.6 Å². The maximum Gasteiger partial charge on any atom is 0.246 e. The fourth-order valence-electron chi connectivity index (χ4n) is 4.05. The van der Waals surface area contributed by atoms with Crippen molar-refractivity contribution in [2.24, 2.45) is 5.92 Å². The molecule has 0 bridgehead atoms. The second kappa shape index (κ2) is 9.53. The second-order valence-corrected chi connectivity index (χ2v) is 9.03. The van der Waals surface area contributed by atoms with Gasteiger partial charge in [-0.3, -0.25) is 14.5 Å². The molecule has 1 aromatic carbocycles. The zero-order valence-electron chi connectivity index (χ0n) is 18.1. The summed E-state index contributed by atoms with van der Waals surface area (Å²) in [4.78, 5) is 27.7. The number of allylic oxidation sites excluding steroid dienone is 1. The topological polar surface area (TPSA) is 61.4 Å². The van der Waals surface area contributed by atoms with E-state index in [1.54, 1.807) is 18.2 Å². The lowest BCUT2D eigenvalue weighted by molar-refractivity contribution is -0.136. The molecule has 2 rings (SSSR count). The van der Waals surface area contributed by atoms with Crippen LogP contribution in [0.5, 0.6) is 0 Å². The first kappa shape index (κ1) is 23.1. The van der Waals surface area contributed by atoms with Gasteiger partial charge in [-0.25, -0.2) is 4.39 Å². The standard InChI is InChI=1S/C23H34FN3O2/c1-6-7-13-23(25-17(2)28,21(29)26-22(3,4)5)19-12-14-27(16-19)15-18-8-10-20(24)11-9-18/h6,8-11,19H,1,7,12-16H2,2-5H3,(H,25,28)(H,26,29). The van der Waals surface area contributed by atoms with E-state index in [4.69, 9.17) is 0 Å². The summed E-state index contributed by atoms with van der Waals surface area (Å²) in [6, 6.07) is 6.50. The van der Waals surface area contributed by atoms with E-state index in [-0.39, 0.29) is 23.5 Å². The molecule has 29 heavy (non-hydrogen) atoms. The summed E-state index contributed by atoms with van der Waals surface area (Å²) in [5.74, 6) is -0.624. The van der Waals surface area contributed by atoms with Crippen molar-refractivity contribution in [1.82, 2.24) is 15.5 Å². The third-order valence-corrected chi connectivity index (χ3v) is 5.32. The number of rotatable bonds is 8. The maximum absolute atomic E-state index is 13.4. The van der Waals surface area contributed by atoms with E-state index < -0.39 is 11.1 Å². The van der Waals surface area contributed by atoms with Crippen LogP contribution < -0.4 is 10.6 Å². The third-order valence-electron chi connectivity index (χ3n) is 5.32. The molecule has 1 aromatic rings. The summed E-state index contributed by atoms with van der Waals surface area (Å²) in [5.41, 5.74) is -0.353. The summed E-state index contributed by atoms with van der Waals surface area (Å²) >= 11 is 0. The molecule has 0 aliphatic carbocycles. The van der Waals surface area contributed by atoms with Crippen LogP contribution in [-0.4, -0.2) is 40.9 Å². The highest BCUT2D eigenvalue weighted by molar-refractivity contribution is 5.91. The molecule has 5 nitrogen and oxygen atoms in total. The van der Waals surface area contributed by atoms with Crippen molar-refractivity contribution >= 4 is 11.8 Å². The van der Waals surface area contributed by atoms with Crippen LogP contribution >= 0.6 is 0 Å². The first-order chi connectivity index (χ1) is 13.6. The average molecular weight is 404 g/mol. The second-order valence-electron chi connectivity index (χ2n) is 9.03. The Balaban J connectivity index is 2.24. The van der Waals surface area contributed by atoms with Crippen molar-refractivity contribution < 1.29 is 14.0 Å². The van der Waals surface area contributed by atoms with Crippen LogP contribution in [-0.2, 0) is 16.1 Å². The molecule has 2 N–H and O–H groups in total. The summed E-state index contributed by atoms with van der Waals surface area (Å²) in [6.45, 7) is 13.3. The summed E-state index contributed by atoms with van der Waals surface area (Å²) < 4.78 is 13.2. The van der Waals surface area contributed by atoms with Gasteiger partial charge in [0, 0.05) is 31.5 Å². The molecule has 160 valence electrons. The van der Waals surface area contributed by atoms with E-state index in [2.05, 4.69) is 22.1 Å². The van der Waals surface area contributed by atoms with Crippen LogP contribution in [0.25, 0.3) is 0 Å². The van der Waals surface area contributed by atoms with E-state index >= 15 is 0 Å². The molecule has 2 unspecified atom stereocenters. The van der Waals surface area contributed by atoms with Crippen molar-refractivity contribution in [2.75, 3.05) is 13.1 Å². The van der Waals surface area contributed by atoms with Crippen LogP contribution in [0.4, 0.5) is 4.39 Å². The minimum Gasteiger partial charge on any atom is -0.349 e. The zero-order chi connectivity index (χ0) is 21.7. The molecule has 1 heterocycles. The highest BCUT2D eigenvalue weighted by Crippen LogP contribution is 2.33. The number of carbonyl (C=O) groups excluding carboxylic acids is 2. The van der Waals surface area contributed by atoms with Crippen molar-refractivity contribution in [3.8, 4) is 0 Å². The lowest BCUT2D eigenvalue weighted by Gasteiger charge is -2.40. The molecule has 0 aromatic heterocycles. The Morgan fingerprint density at radius 2 is 1.90 bits per heavy atom. The monoisotopic (exact) mass is 403 g/mol. The number of halogens is 1. The molecule has 1 saturated heterocycles. The molecule has 0 radical (unpaired) electrons. The van der Waals surface area contributed by atoms with Crippen LogP contribution in [0.3, 0.4) is 0 Å². The Labute approximate surface area is 173 Å². The third kappa shape index (κ3) is 6.39. The molecule has 1 aliphatic heterocycles. The number of hydrogen-bond acceptors (Lipinski definition) is 3. The minimum atomic E-state index is -0.981. The number of hydrogen-bond donors (Lipinski definition) is 2. The lowest BCUT2D eigenvalue weighted by Crippen LogP contribution is -2.65. The number of likely N-dealkylation sites (tertiary alicyclic amines) is 1. The fourth-order valence-corrected chi connectivity index (χ4v) is 4.05. The summed E-state index contributed by atoms with van der Waals surface area (Å²) in [6.07, 6.45) is 3.72. The first-order valence-corrected chi connectivity index (χ1v) is 10.2. The molecule has 1 aliphatic rings. The molecule has 1 fully saturated rings. The summed E-state index contributed by atoms with van der Waals surface area (Å²) in [5, 5.41) is 6.08. The van der Waals surface area contributed by atoms with E-state index in [9.17, 15) is 14.0 Å². The van der Waals surface area contributed by atoms with Crippen molar-refractivity contribution in [3.63, 3.8) is 0 Å². The highest BCUT2D eigenvalue weighted by atomic mass is 19.1. The minimum absolute atomic E-state index is 0.0193.